The highest BCUT2D eigenvalue weighted by Crippen LogP contribution is 2.34. The number of carbonyl (C=O) groups is 1. The number of thiazole rings is 1. The van der Waals surface area contributed by atoms with Crippen molar-refractivity contribution in [1.82, 2.24) is 4.98 Å². The molecule has 0 saturated carbocycles. The maximum Gasteiger partial charge on any atom is 0.259 e. The molecule has 2 rings (SSSR count). The topological polar surface area (TPSA) is 130 Å². The summed E-state index contributed by atoms with van der Waals surface area (Å²) in [5.74, 6) is -0.536. The van der Waals surface area contributed by atoms with E-state index < -0.39 is 28.0 Å². The van der Waals surface area contributed by atoms with Crippen LogP contribution in [0.5, 0.6) is 0 Å². The fourth-order valence-electron chi connectivity index (χ4n) is 3.30. The van der Waals surface area contributed by atoms with E-state index in [0.717, 1.165) is 28.0 Å². The number of hydrogen-bond donors (Lipinski definition) is 3. The third-order valence-electron chi connectivity index (χ3n) is 4.84. The highest BCUT2D eigenvalue weighted by atomic mass is 32.2. The van der Waals surface area contributed by atoms with E-state index in [2.05, 4.69) is 14.2 Å². The summed E-state index contributed by atoms with van der Waals surface area (Å²) in [5, 5.41) is 26.0. The van der Waals surface area contributed by atoms with E-state index in [-0.39, 0.29) is 33.2 Å². The van der Waals surface area contributed by atoms with E-state index in [4.69, 9.17) is 11.7 Å². The number of aliphatic hydroxyl groups is 2. The molecule has 0 saturated heterocycles. The Morgan fingerprint density at radius 3 is 2.22 bits per heavy atom. The molecule has 1 aromatic heterocycles. The lowest BCUT2D eigenvalue weighted by Gasteiger charge is -2.20. The minimum absolute atomic E-state index is 0.0259. The second-order valence-electron chi connectivity index (χ2n) is 8.72. The smallest absolute Gasteiger partial charge is 0.259 e. The Morgan fingerprint density at radius 2 is 1.81 bits per heavy atom. The molecule has 32 heavy (non-hydrogen) atoms. The van der Waals surface area contributed by atoms with E-state index in [1.54, 1.807) is 12.1 Å². The van der Waals surface area contributed by atoms with Crippen molar-refractivity contribution in [2.75, 3.05) is 0 Å². The van der Waals surface area contributed by atoms with Crippen LogP contribution in [0.25, 0.3) is 4.85 Å². The molecule has 0 radical (unpaired) electrons. The van der Waals surface area contributed by atoms with Crippen LogP contribution in [0.1, 0.15) is 80.8 Å². The zero-order valence-electron chi connectivity index (χ0n) is 19.2. The Labute approximate surface area is 193 Å². The average Bonchev–Trinajstić information content (AvgIpc) is 3.13. The SMILES string of the molecule is [C-]#[N+]c1cc(C(C)C)c(CC(=O)N=S(N)(=O)c2sc(C(C)(C)O)nc2CO)c(C(C)C)c1. The zero-order chi connectivity index (χ0) is 24.4. The van der Waals surface area contributed by atoms with Crippen molar-refractivity contribution >= 4 is 32.8 Å². The maximum atomic E-state index is 13.2. The van der Waals surface area contributed by atoms with Crippen molar-refractivity contribution in [3.63, 3.8) is 0 Å². The third-order valence-corrected chi connectivity index (χ3v) is 8.26. The Hall–Kier alpha value is -2.16. The molecule has 1 aromatic carbocycles. The Morgan fingerprint density at radius 1 is 1.28 bits per heavy atom. The standard InChI is InChI=1S/C22H30N4O4S2/c1-12(2)15-8-14(24-7)9-16(13(3)4)17(15)10-19(28)26-32(23,30)20-18(11-27)25-21(31-20)22(5,6)29/h8-9,12-13,27,29H,10-11H2,1-6H3,(H2,23,26,28,30). The first-order chi connectivity index (χ1) is 14.7. The van der Waals surface area contributed by atoms with Gasteiger partial charge in [0.2, 0.25) is 0 Å². The van der Waals surface area contributed by atoms with E-state index in [1.807, 2.05) is 27.7 Å². The number of benzene rings is 1. The van der Waals surface area contributed by atoms with Gasteiger partial charge in [0.1, 0.15) is 14.8 Å². The highest BCUT2D eigenvalue weighted by Gasteiger charge is 2.27. The summed E-state index contributed by atoms with van der Waals surface area (Å²) in [5.41, 5.74) is 1.71. The second kappa shape index (κ2) is 9.77. The number of amides is 1. The molecule has 1 heterocycles. The number of rotatable bonds is 7. The molecule has 10 heteroatoms. The zero-order valence-corrected chi connectivity index (χ0v) is 20.8. The first kappa shape index (κ1) is 26.1. The van der Waals surface area contributed by atoms with Crippen molar-refractivity contribution in [2.24, 2.45) is 9.50 Å². The molecule has 1 atom stereocenters. The molecule has 0 aliphatic carbocycles. The summed E-state index contributed by atoms with van der Waals surface area (Å²) in [6.45, 7) is 17.8. The molecule has 0 spiro atoms. The number of hydrogen-bond acceptors (Lipinski definition) is 6. The first-order valence-electron chi connectivity index (χ1n) is 10.2. The van der Waals surface area contributed by atoms with Crippen LogP contribution in [0.3, 0.4) is 0 Å². The van der Waals surface area contributed by atoms with Crippen LogP contribution in [0, 0.1) is 6.57 Å². The molecule has 0 aliphatic heterocycles. The van der Waals surface area contributed by atoms with Crippen molar-refractivity contribution in [2.45, 2.75) is 76.2 Å². The van der Waals surface area contributed by atoms with Crippen molar-refractivity contribution in [1.29, 1.82) is 0 Å². The van der Waals surface area contributed by atoms with Crippen molar-refractivity contribution < 1.29 is 19.2 Å². The van der Waals surface area contributed by atoms with Gasteiger partial charge in [0.25, 0.3) is 5.91 Å². The van der Waals surface area contributed by atoms with E-state index in [1.165, 1.54) is 13.8 Å². The minimum Gasteiger partial charge on any atom is -0.390 e. The summed E-state index contributed by atoms with van der Waals surface area (Å²) in [6, 6.07) is 3.54. The van der Waals surface area contributed by atoms with Crippen LogP contribution in [-0.4, -0.2) is 25.3 Å². The van der Waals surface area contributed by atoms with E-state index >= 15 is 0 Å². The average molecular weight is 479 g/mol. The molecule has 2 aromatic rings. The molecular weight excluding hydrogens is 448 g/mol. The van der Waals surface area contributed by atoms with Gasteiger partial charge < -0.3 is 10.2 Å². The van der Waals surface area contributed by atoms with Gasteiger partial charge >= 0.3 is 0 Å². The highest BCUT2D eigenvalue weighted by molar-refractivity contribution is 7.93. The lowest BCUT2D eigenvalue weighted by Crippen LogP contribution is -2.17. The van der Waals surface area contributed by atoms with E-state index in [9.17, 15) is 19.2 Å². The fraction of sp³-hybridized carbons (Fsp3) is 0.500. The Balaban J connectivity index is 2.56. The van der Waals surface area contributed by atoms with Crippen LogP contribution in [0.15, 0.2) is 20.7 Å². The van der Waals surface area contributed by atoms with Gasteiger partial charge in [0.05, 0.1) is 25.3 Å². The number of nitrogens with zero attached hydrogens (tertiary/aromatic N) is 3. The third kappa shape index (κ3) is 5.79. The number of carbonyl (C=O) groups excluding carboxylic acids is 1. The fourth-order valence-corrected chi connectivity index (χ4v) is 5.84. The summed E-state index contributed by atoms with van der Waals surface area (Å²) in [4.78, 5) is 20.5. The van der Waals surface area contributed by atoms with Crippen LogP contribution < -0.4 is 5.14 Å². The predicted octanol–water partition coefficient (Wildman–Crippen LogP) is 4.13. The van der Waals surface area contributed by atoms with Gasteiger partial charge in [0, 0.05) is 0 Å². The molecule has 0 aliphatic rings. The lowest BCUT2D eigenvalue weighted by atomic mass is 9.86. The summed E-state index contributed by atoms with van der Waals surface area (Å²) in [6.07, 6.45) is -0.112. The number of nitrogens with two attached hydrogens (primary N) is 1. The van der Waals surface area contributed by atoms with Gasteiger partial charge in [-0.1, -0.05) is 51.0 Å². The van der Waals surface area contributed by atoms with Crippen molar-refractivity contribution in [3.05, 3.63) is 50.9 Å². The largest absolute Gasteiger partial charge is 0.390 e. The molecule has 1 amide bonds. The minimum atomic E-state index is -3.68. The van der Waals surface area contributed by atoms with Gasteiger partial charge in [-0.15, -0.1) is 15.7 Å². The molecule has 174 valence electrons. The first-order valence-corrected chi connectivity index (χ1v) is 12.6. The molecule has 8 nitrogen and oxygen atoms in total. The maximum absolute atomic E-state index is 13.2. The normalized spacial score (nSPS) is 13.8. The number of aromatic nitrogens is 1. The summed E-state index contributed by atoms with van der Waals surface area (Å²) < 4.78 is 17.0. The second-order valence-corrected chi connectivity index (χ2v) is 11.7. The Bertz CT molecular complexity index is 1150. The number of aliphatic hydroxyl groups excluding tert-OH is 1. The monoisotopic (exact) mass is 478 g/mol. The summed E-state index contributed by atoms with van der Waals surface area (Å²) in [7, 11) is -3.68. The lowest BCUT2D eigenvalue weighted by molar-refractivity contribution is -0.117. The van der Waals surface area contributed by atoms with Crippen LogP contribution in [0.2, 0.25) is 0 Å². The predicted molar refractivity (Wildman–Crippen MR) is 126 cm³/mol. The quantitative estimate of drug-likeness (QED) is 0.515. The Kier molecular flexibility index (Phi) is 7.96. The molecular formula is C22H30N4O4S2. The van der Waals surface area contributed by atoms with Gasteiger partial charge in [-0.05, 0) is 31.2 Å². The molecule has 1 unspecified atom stereocenters. The van der Waals surface area contributed by atoms with Gasteiger partial charge in [-0.3, -0.25) is 4.79 Å². The molecule has 0 fully saturated rings. The van der Waals surface area contributed by atoms with Gasteiger partial charge in [0.15, 0.2) is 15.6 Å². The van der Waals surface area contributed by atoms with Crippen LogP contribution in [0.4, 0.5) is 5.69 Å². The van der Waals surface area contributed by atoms with Gasteiger partial charge in [-0.25, -0.2) is 19.2 Å². The van der Waals surface area contributed by atoms with Crippen LogP contribution in [-0.2, 0) is 33.3 Å². The van der Waals surface area contributed by atoms with Crippen molar-refractivity contribution in [3.8, 4) is 0 Å². The summed E-state index contributed by atoms with van der Waals surface area (Å²) >= 11 is 0.867. The van der Waals surface area contributed by atoms with Crippen LogP contribution >= 0.6 is 11.3 Å². The van der Waals surface area contributed by atoms with Gasteiger partial charge in [-0.2, -0.15) is 0 Å². The molecule has 4 N–H and O–H groups in total. The van der Waals surface area contributed by atoms with E-state index in [0.29, 0.717) is 5.69 Å². The molecule has 0 bridgehead atoms.